The van der Waals surface area contributed by atoms with E-state index >= 15 is 0 Å². The quantitative estimate of drug-likeness (QED) is 0.620. The van der Waals surface area contributed by atoms with Gasteiger partial charge in [0.2, 0.25) is 0 Å². The van der Waals surface area contributed by atoms with Crippen molar-refractivity contribution in [2.75, 3.05) is 19.6 Å². The first kappa shape index (κ1) is 16.4. The van der Waals surface area contributed by atoms with Gasteiger partial charge in [0, 0.05) is 12.6 Å². The molecule has 1 aliphatic heterocycles. The largest absolute Gasteiger partial charge is 1.00 e. The molecule has 1 rings (SSSR count). The maximum absolute atomic E-state index is 12.2. The van der Waals surface area contributed by atoms with Gasteiger partial charge in [0.15, 0.2) is 0 Å². The fourth-order valence-corrected chi connectivity index (χ4v) is 2.04. The first-order valence-electron chi connectivity index (χ1n) is 5.09. The zero-order valence-electron chi connectivity index (χ0n) is 9.13. The molecule has 0 bridgehead atoms. The van der Waals surface area contributed by atoms with Crippen LogP contribution in [0.15, 0.2) is 0 Å². The van der Waals surface area contributed by atoms with E-state index in [1.54, 1.807) is 0 Å². The maximum atomic E-state index is 12.2. The SMILES string of the molecule is OCCC1CCCCN1C[B-](F)(F)F.[K+]. The number of aliphatic hydroxyl groups excluding tert-OH is 1. The Bertz CT molecular complexity index is 180. The van der Waals surface area contributed by atoms with Crippen LogP contribution in [0.1, 0.15) is 25.7 Å². The van der Waals surface area contributed by atoms with Gasteiger partial charge in [-0.1, -0.05) is 6.42 Å². The van der Waals surface area contributed by atoms with Gasteiger partial charge in [0.1, 0.15) is 0 Å². The van der Waals surface area contributed by atoms with Gasteiger partial charge in [-0.25, -0.2) is 0 Å². The van der Waals surface area contributed by atoms with Crippen molar-refractivity contribution in [3.05, 3.63) is 0 Å². The molecule has 15 heavy (non-hydrogen) atoms. The molecule has 84 valence electrons. The zero-order chi connectivity index (χ0) is 10.6. The summed E-state index contributed by atoms with van der Waals surface area (Å²) >= 11 is 0. The first-order chi connectivity index (χ1) is 6.53. The smallest absolute Gasteiger partial charge is 0.448 e. The molecule has 1 N–H and O–H groups in total. The van der Waals surface area contributed by atoms with E-state index in [1.807, 2.05) is 0 Å². The van der Waals surface area contributed by atoms with Crippen molar-refractivity contribution >= 4 is 6.98 Å². The third kappa shape index (κ3) is 6.65. The van der Waals surface area contributed by atoms with E-state index < -0.39 is 13.4 Å². The minimum Gasteiger partial charge on any atom is -0.448 e. The van der Waals surface area contributed by atoms with E-state index in [-0.39, 0.29) is 64.0 Å². The Hall–Kier alpha value is 1.41. The summed E-state index contributed by atoms with van der Waals surface area (Å²) in [5.74, 6) is 0. The average molecular weight is 249 g/mol. The van der Waals surface area contributed by atoms with Crippen molar-refractivity contribution in [2.45, 2.75) is 31.7 Å². The van der Waals surface area contributed by atoms with Gasteiger partial charge in [0.05, 0.1) is 0 Å². The van der Waals surface area contributed by atoms with Crippen molar-refractivity contribution < 1.29 is 69.4 Å². The third-order valence-corrected chi connectivity index (χ3v) is 2.65. The van der Waals surface area contributed by atoms with Gasteiger partial charge in [-0.3, -0.25) is 0 Å². The molecular weight excluding hydrogens is 233 g/mol. The summed E-state index contributed by atoms with van der Waals surface area (Å²) in [6.45, 7) is -4.23. The Balaban J connectivity index is 0.00000196. The van der Waals surface area contributed by atoms with Crippen LogP contribution in [0.4, 0.5) is 12.9 Å². The summed E-state index contributed by atoms with van der Waals surface area (Å²) in [6, 6.07) is -0.0720. The summed E-state index contributed by atoms with van der Waals surface area (Å²) < 4.78 is 36.6. The van der Waals surface area contributed by atoms with Crippen LogP contribution in [0.25, 0.3) is 0 Å². The van der Waals surface area contributed by atoms with Crippen LogP contribution in [-0.2, 0) is 0 Å². The fourth-order valence-electron chi connectivity index (χ4n) is 2.04. The molecule has 1 saturated heterocycles. The monoisotopic (exact) mass is 249 g/mol. The van der Waals surface area contributed by atoms with E-state index in [4.69, 9.17) is 5.11 Å². The molecule has 2 nitrogen and oxygen atoms in total. The molecule has 1 fully saturated rings. The Morgan fingerprint density at radius 2 is 1.93 bits per heavy atom. The summed E-state index contributed by atoms with van der Waals surface area (Å²) in [6.07, 6.45) is 2.30. The molecule has 0 saturated carbocycles. The molecule has 0 aromatic carbocycles. The predicted octanol–water partition coefficient (Wildman–Crippen LogP) is -1.39. The standard InChI is InChI=1S/C8H16BF3NO.K/c10-9(11,12)7-13-5-2-1-3-8(13)4-6-14;/h8,14H,1-7H2;/q-1;+1. The normalized spacial score (nSPS) is 23.6. The van der Waals surface area contributed by atoms with Crippen LogP contribution in [0.5, 0.6) is 0 Å². The van der Waals surface area contributed by atoms with E-state index in [1.165, 1.54) is 4.90 Å². The van der Waals surface area contributed by atoms with Gasteiger partial charge >= 0.3 is 58.4 Å². The molecule has 0 amide bonds. The Kier molecular flexibility index (Phi) is 8.41. The molecule has 1 unspecified atom stereocenters. The Morgan fingerprint density at radius 1 is 1.27 bits per heavy atom. The molecular formula is C8H16BF3KNO. The molecule has 0 aromatic rings. The second kappa shape index (κ2) is 7.68. The molecule has 0 spiro atoms. The number of halogens is 3. The zero-order valence-corrected chi connectivity index (χ0v) is 12.3. The van der Waals surface area contributed by atoms with Crippen LogP contribution >= 0.6 is 0 Å². The minimum absolute atomic E-state index is 0. The number of aliphatic hydroxyl groups is 1. The molecule has 7 heteroatoms. The minimum atomic E-state index is -4.73. The topological polar surface area (TPSA) is 23.5 Å². The van der Waals surface area contributed by atoms with Gasteiger partial charge in [-0.15, -0.1) is 0 Å². The van der Waals surface area contributed by atoms with E-state index in [2.05, 4.69) is 0 Å². The van der Waals surface area contributed by atoms with E-state index in [0.29, 0.717) is 13.0 Å². The number of rotatable bonds is 4. The molecule has 0 aliphatic carbocycles. The predicted molar refractivity (Wildman–Crippen MR) is 50.0 cm³/mol. The molecule has 0 radical (unpaired) electrons. The van der Waals surface area contributed by atoms with Gasteiger partial charge < -0.3 is 23.0 Å². The molecule has 1 heterocycles. The second-order valence-electron chi connectivity index (χ2n) is 3.87. The number of piperidine rings is 1. The molecule has 1 aliphatic rings. The van der Waals surface area contributed by atoms with E-state index in [0.717, 1.165) is 19.3 Å². The van der Waals surface area contributed by atoms with Crippen LogP contribution in [0, 0.1) is 0 Å². The van der Waals surface area contributed by atoms with Crippen molar-refractivity contribution in [2.24, 2.45) is 0 Å². The number of nitrogens with zero attached hydrogens (tertiary/aromatic N) is 1. The summed E-state index contributed by atoms with van der Waals surface area (Å²) in [7, 11) is 0. The average Bonchev–Trinajstić information content (AvgIpc) is 2.06. The maximum Gasteiger partial charge on any atom is 1.00 e. The fraction of sp³-hybridized carbons (Fsp3) is 1.00. The molecule has 1 atom stereocenters. The van der Waals surface area contributed by atoms with Crippen molar-refractivity contribution in [3.63, 3.8) is 0 Å². The Labute approximate surface area is 131 Å². The number of hydrogen-bond donors (Lipinski definition) is 1. The second-order valence-corrected chi connectivity index (χ2v) is 3.87. The Morgan fingerprint density at radius 3 is 2.47 bits per heavy atom. The van der Waals surface area contributed by atoms with Crippen LogP contribution in [0.3, 0.4) is 0 Å². The van der Waals surface area contributed by atoms with Crippen molar-refractivity contribution in [1.29, 1.82) is 0 Å². The number of hydrogen-bond acceptors (Lipinski definition) is 2. The van der Waals surface area contributed by atoms with Gasteiger partial charge in [0.25, 0.3) is 0 Å². The first-order valence-corrected chi connectivity index (χ1v) is 5.09. The van der Waals surface area contributed by atoms with Crippen LogP contribution in [0.2, 0.25) is 0 Å². The van der Waals surface area contributed by atoms with Gasteiger partial charge in [-0.05, 0) is 32.3 Å². The van der Waals surface area contributed by atoms with Crippen LogP contribution in [-0.4, -0.2) is 42.6 Å². The van der Waals surface area contributed by atoms with Crippen molar-refractivity contribution in [3.8, 4) is 0 Å². The van der Waals surface area contributed by atoms with E-state index in [9.17, 15) is 12.9 Å². The van der Waals surface area contributed by atoms with Crippen LogP contribution < -0.4 is 51.4 Å². The summed E-state index contributed by atoms with van der Waals surface area (Å²) in [4.78, 5) is 1.47. The summed E-state index contributed by atoms with van der Waals surface area (Å²) in [5, 5.41) is 8.73. The van der Waals surface area contributed by atoms with Gasteiger partial charge in [-0.2, -0.15) is 0 Å². The number of likely N-dealkylation sites (tertiary alicyclic amines) is 1. The summed E-state index contributed by atoms with van der Waals surface area (Å²) in [5.41, 5.74) is 0. The third-order valence-electron chi connectivity index (χ3n) is 2.65. The molecule has 0 aromatic heterocycles. The van der Waals surface area contributed by atoms with Crippen molar-refractivity contribution in [1.82, 2.24) is 4.90 Å².